The van der Waals surface area contributed by atoms with E-state index in [1.165, 1.54) is 0 Å². The molecule has 3 aliphatic rings. The minimum Gasteiger partial charge on any atom is -0.405 e. The van der Waals surface area contributed by atoms with E-state index >= 15 is 0 Å². The van der Waals surface area contributed by atoms with Crippen molar-refractivity contribution in [1.29, 1.82) is 0 Å². The van der Waals surface area contributed by atoms with Crippen LogP contribution in [0.3, 0.4) is 0 Å². The van der Waals surface area contributed by atoms with Crippen LogP contribution in [-0.4, -0.2) is 94.6 Å². The predicted molar refractivity (Wildman–Crippen MR) is 402 cm³/mol. The summed E-state index contributed by atoms with van der Waals surface area (Å²) >= 11 is 6.61. The molecule has 100 heavy (non-hydrogen) atoms. The van der Waals surface area contributed by atoms with Crippen LogP contribution in [-0.2, 0) is 27.9 Å². The Morgan fingerprint density at radius 3 is 0.830 bits per heavy atom. The van der Waals surface area contributed by atoms with Crippen LogP contribution in [0.4, 0.5) is 0 Å². The smallest absolute Gasteiger partial charge is 0.405 e. The Bertz CT molecular complexity index is 4620. The topological polar surface area (TPSA) is 158 Å². The second-order valence-corrected chi connectivity index (χ2v) is 28.5. The van der Waals surface area contributed by atoms with Crippen molar-refractivity contribution in [3.05, 3.63) is 260 Å². The first-order chi connectivity index (χ1) is 47.9. The van der Waals surface area contributed by atoms with Crippen molar-refractivity contribution < 1.29 is 27.9 Å². The summed E-state index contributed by atoms with van der Waals surface area (Å²) in [5.41, 5.74) is 11.9. The SMILES string of the molecule is CC1(C)OB(B2OC(C)(C)C(C)(C)O2)OC1(C)C.CC1(C)OB(c2cc(-c3ccc(-c4ccccn4)cc3)cc(-c3nc(-c4ccccc4)nc(-c4ccccc4)n3)c2)OC1(C)C.Clc1cc(-c2ccc(-c3ccccn3)cc2)cc(-c2nc(-c3ccccc3)nc(-c3ccccc3)n2)c1. The van der Waals surface area contributed by atoms with E-state index in [1.54, 1.807) is 6.20 Å². The van der Waals surface area contributed by atoms with Gasteiger partial charge in [-0.05, 0) is 159 Å². The number of nitrogens with zero attached hydrogens (tertiary/aromatic N) is 8. The van der Waals surface area contributed by atoms with Crippen LogP contribution in [0.25, 0.3) is 113 Å². The fourth-order valence-corrected chi connectivity index (χ4v) is 11.8. The lowest BCUT2D eigenvalue weighted by Crippen LogP contribution is -2.41. The van der Waals surface area contributed by atoms with Crippen molar-refractivity contribution >= 4 is 38.2 Å². The molecule has 8 aromatic carbocycles. The fraction of sp³-hybridized carbons (Fsp3) is 0.220. The maximum Gasteiger partial charge on any atom is 0.494 e. The Kier molecular flexibility index (Phi) is 19.4. The highest BCUT2D eigenvalue weighted by Crippen LogP contribution is 2.44. The van der Waals surface area contributed by atoms with Gasteiger partial charge in [0, 0.05) is 61.9 Å². The standard InChI is InChI=1S/C38H33BN4O2.C32H21ClN4.C12H24B2O4/c1-37(2)38(3,4)45-39(44-37)32-24-30(26-18-20-27(21-19-26)33-17-11-12-22-40-33)23-31(25-32)36-42-34(28-13-7-5-8-14-28)41-35(43-36)29-15-9-6-10-16-29;33-28-20-26(22-14-16-23(17-15-22)29-13-7-8-18-34-29)19-27(21-28)32-36-30(24-9-3-1-4-10-24)35-31(37-32)25-11-5-2-6-12-25;1-9(2)10(3,4)16-13(15-9)14-17-11(5,6)12(7,8)18-14/h5-25H,1-4H3;1-21H;1-8H3. The van der Waals surface area contributed by atoms with E-state index in [1.807, 2.05) is 231 Å². The molecule has 0 N–H and O–H groups in total. The third kappa shape index (κ3) is 15.1. The number of rotatable bonds is 12. The van der Waals surface area contributed by atoms with Crippen molar-refractivity contribution in [2.45, 2.75) is 117 Å². The Labute approximate surface area is 592 Å². The highest BCUT2D eigenvalue weighted by atomic mass is 35.5. The number of benzene rings is 8. The molecule has 14 nitrogen and oxygen atoms in total. The average Bonchev–Trinajstić information content (AvgIpc) is 1.58. The van der Waals surface area contributed by atoms with Crippen molar-refractivity contribution in [2.75, 3.05) is 0 Å². The molecule has 0 radical (unpaired) electrons. The third-order valence-electron chi connectivity index (χ3n) is 19.4. The van der Waals surface area contributed by atoms with Crippen LogP contribution in [0.1, 0.15) is 83.1 Å². The summed E-state index contributed by atoms with van der Waals surface area (Å²) in [5.74, 6) is 3.61. The Balaban J connectivity index is 0.000000146. The van der Waals surface area contributed by atoms with E-state index in [0.29, 0.717) is 40.0 Å². The zero-order chi connectivity index (χ0) is 70.0. The van der Waals surface area contributed by atoms with Crippen molar-refractivity contribution in [2.24, 2.45) is 0 Å². The molecule has 15 rings (SSSR count). The van der Waals surface area contributed by atoms with Gasteiger partial charge in [-0.3, -0.25) is 9.97 Å². The van der Waals surface area contributed by atoms with Crippen LogP contribution in [0.5, 0.6) is 0 Å². The van der Waals surface area contributed by atoms with Crippen molar-refractivity contribution in [1.82, 2.24) is 39.9 Å². The highest BCUT2D eigenvalue weighted by Gasteiger charge is 2.64. The van der Waals surface area contributed by atoms with Crippen LogP contribution < -0.4 is 5.46 Å². The molecule has 498 valence electrons. The summed E-state index contributed by atoms with van der Waals surface area (Å²) in [4.78, 5) is 38.3. The monoisotopic (exact) mass is 1340 g/mol. The average molecular weight is 1340 g/mol. The molecule has 0 unspecified atom stereocenters. The molecule has 3 aliphatic heterocycles. The van der Waals surface area contributed by atoms with Crippen molar-refractivity contribution in [3.8, 4) is 113 Å². The molecule has 12 aromatic rings. The Hall–Kier alpha value is -9.68. The molecule has 0 spiro atoms. The summed E-state index contributed by atoms with van der Waals surface area (Å²) < 4.78 is 36.9. The maximum atomic E-state index is 6.61. The lowest BCUT2D eigenvalue weighted by molar-refractivity contribution is 0.00578. The van der Waals surface area contributed by atoms with E-state index in [-0.39, 0.29) is 22.4 Å². The van der Waals surface area contributed by atoms with Crippen LogP contribution in [0.2, 0.25) is 5.02 Å². The summed E-state index contributed by atoms with van der Waals surface area (Å²) in [6, 6.07) is 80.7. The fourth-order valence-electron chi connectivity index (χ4n) is 11.6. The Morgan fingerprint density at radius 2 is 0.510 bits per heavy atom. The molecule has 0 saturated carbocycles. The molecule has 7 heterocycles. The second-order valence-electron chi connectivity index (χ2n) is 28.1. The van der Waals surface area contributed by atoms with Gasteiger partial charge < -0.3 is 27.9 Å². The molecule has 0 amide bonds. The van der Waals surface area contributed by atoms with Crippen LogP contribution in [0.15, 0.2) is 255 Å². The van der Waals surface area contributed by atoms with E-state index < -0.39 is 32.3 Å². The lowest BCUT2D eigenvalue weighted by atomic mass is 9.49. The maximum absolute atomic E-state index is 6.61. The van der Waals surface area contributed by atoms with Gasteiger partial charge in [0.25, 0.3) is 0 Å². The molecular weight excluding hydrogens is 1260 g/mol. The van der Waals surface area contributed by atoms with Gasteiger partial charge in [0.2, 0.25) is 0 Å². The number of halogens is 1. The molecule has 0 bridgehead atoms. The Morgan fingerprint density at radius 1 is 0.250 bits per heavy atom. The normalized spacial score (nSPS) is 16.6. The van der Waals surface area contributed by atoms with Crippen LogP contribution >= 0.6 is 11.6 Å². The van der Waals surface area contributed by atoms with Gasteiger partial charge >= 0.3 is 21.1 Å². The second kappa shape index (κ2) is 28.2. The zero-order valence-electron chi connectivity index (χ0n) is 58.4. The summed E-state index contributed by atoms with van der Waals surface area (Å²) in [7, 11) is -1.50. The predicted octanol–water partition coefficient (Wildman–Crippen LogP) is 18.4. The van der Waals surface area contributed by atoms with Gasteiger partial charge in [0.1, 0.15) is 0 Å². The first-order valence-electron chi connectivity index (χ1n) is 33.7. The van der Waals surface area contributed by atoms with Crippen molar-refractivity contribution in [3.63, 3.8) is 0 Å². The van der Waals surface area contributed by atoms with E-state index in [4.69, 9.17) is 69.4 Å². The van der Waals surface area contributed by atoms with E-state index in [2.05, 4.69) is 110 Å². The first kappa shape index (κ1) is 68.8. The molecule has 3 saturated heterocycles. The lowest BCUT2D eigenvalue weighted by Gasteiger charge is -2.32. The molecule has 0 aliphatic carbocycles. The first-order valence-corrected chi connectivity index (χ1v) is 34.1. The molecule has 4 aromatic heterocycles. The van der Waals surface area contributed by atoms with E-state index in [0.717, 1.165) is 83.6 Å². The van der Waals surface area contributed by atoms with Gasteiger partial charge in [-0.2, -0.15) is 0 Å². The minimum atomic E-state index is -0.550. The third-order valence-corrected chi connectivity index (χ3v) is 19.6. The van der Waals surface area contributed by atoms with Gasteiger partial charge in [-0.15, -0.1) is 0 Å². The molecule has 3 fully saturated rings. The quantitative estimate of drug-likeness (QED) is 0.106. The van der Waals surface area contributed by atoms with Gasteiger partial charge in [-0.25, -0.2) is 29.9 Å². The van der Waals surface area contributed by atoms with Gasteiger partial charge in [-0.1, -0.05) is 206 Å². The molecular formula is C82H78B3ClN8O6. The molecule has 0 atom stereocenters. The number of pyridine rings is 2. The summed E-state index contributed by atoms with van der Waals surface area (Å²) in [6.07, 6.45) is 3.61. The van der Waals surface area contributed by atoms with Gasteiger partial charge in [0.15, 0.2) is 34.9 Å². The minimum absolute atomic E-state index is 0.360. The number of hydrogen-bond acceptors (Lipinski definition) is 14. The zero-order valence-corrected chi connectivity index (χ0v) is 59.1. The number of aromatic nitrogens is 8. The summed E-state index contributed by atoms with van der Waals surface area (Å²) in [6.45, 7) is 24.5. The largest absolute Gasteiger partial charge is 0.494 e. The van der Waals surface area contributed by atoms with E-state index in [9.17, 15) is 0 Å². The van der Waals surface area contributed by atoms with Gasteiger partial charge in [0.05, 0.1) is 45.0 Å². The molecule has 18 heteroatoms. The van der Waals surface area contributed by atoms with Crippen LogP contribution in [0, 0.1) is 0 Å². The number of hydrogen-bond donors (Lipinski definition) is 0. The summed E-state index contributed by atoms with van der Waals surface area (Å²) in [5, 5.41) is 0.615. The highest BCUT2D eigenvalue weighted by molar-refractivity contribution is 7.11.